The van der Waals surface area contributed by atoms with Crippen molar-refractivity contribution in [3.05, 3.63) is 62.7 Å². The van der Waals surface area contributed by atoms with Gasteiger partial charge in [-0.3, -0.25) is 0 Å². The molecule has 0 aliphatic heterocycles. The van der Waals surface area contributed by atoms with E-state index in [0.717, 1.165) is 10.9 Å². The molecule has 1 aliphatic carbocycles. The first kappa shape index (κ1) is 15.2. The van der Waals surface area contributed by atoms with Gasteiger partial charge >= 0.3 is 0 Å². The normalized spacial score (nSPS) is 22.0. The first-order valence-electron chi connectivity index (χ1n) is 7.49. The van der Waals surface area contributed by atoms with E-state index in [0.29, 0.717) is 6.04 Å². The summed E-state index contributed by atoms with van der Waals surface area (Å²) in [5.41, 5.74) is 2.71. The lowest BCUT2D eigenvalue weighted by atomic mass is 9.82. The molecule has 0 atom stereocenters. The highest BCUT2D eigenvalue weighted by Crippen LogP contribution is 2.34. The lowest BCUT2D eigenvalue weighted by molar-refractivity contribution is 0.412. The summed E-state index contributed by atoms with van der Waals surface area (Å²) in [4.78, 5) is 0. The van der Waals surface area contributed by atoms with Crippen molar-refractivity contribution >= 4 is 39.9 Å². The lowest BCUT2D eigenvalue weighted by Crippen LogP contribution is -2.25. The van der Waals surface area contributed by atoms with Gasteiger partial charge in [0.25, 0.3) is 0 Å². The number of nitrogens with one attached hydrogen (secondary N) is 1. The Morgan fingerprint density at radius 2 is 1.67 bits per heavy atom. The Labute approximate surface area is 145 Å². The van der Waals surface area contributed by atoms with E-state index in [1.54, 1.807) is 0 Å². The van der Waals surface area contributed by atoms with Crippen LogP contribution in [0.3, 0.4) is 0 Å². The maximum atomic E-state index is 6.01. The molecule has 0 unspecified atom stereocenters. The summed E-state index contributed by atoms with van der Waals surface area (Å²) in [5, 5.41) is 4.49. The highest BCUT2D eigenvalue weighted by atomic mass is 127. The fourth-order valence-electron chi connectivity index (χ4n) is 3.12. The summed E-state index contributed by atoms with van der Waals surface area (Å²) in [7, 11) is 0. The van der Waals surface area contributed by atoms with Gasteiger partial charge in [-0.25, -0.2) is 0 Å². The smallest absolute Gasteiger partial charge is 0.0479 e. The van der Waals surface area contributed by atoms with Gasteiger partial charge in [-0.05, 0) is 78.0 Å². The number of anilines is 1. The molecule has 1 nitrogen and oxygen atoms in total. The second-order valence-corrected chi connectivity index (χ2v) is 7.33. The highest BCUT2D eigenvalue weighted by molar-refractivity contribution is 14.1. The van der Waals surface area contributed by atoms with E-state index in [4.69, 9.17) is 11.6 Å². The first-order valence-corrected chi connectivity index (χ1v) is 8.94. The molecule has 2 aromatic carbocycles. The minimum absolute atomic E-state index is 0.583. The van der Waals surface area contributed by atoms with Gasteiger partial charge in [0.05, 0.1) is 0 Å². The maximum absolute atomic E-state index is 6.01. The molecule has 0 radical (unpaired) electrons. The van der Waals surface area contributed by atoms with Crippen molar-refractivity contribution in [3.63, 3.8) is 0 Å². The van der Waals surface area contributed by atoms with Crippen molar-refractivity contribution in [2.45, 2.75) is 37.6 Å². The second-order valence-electron chi connectivity index (χ2n) is 5.73. The van der Waals surface area contributed by atoms with Crippen LogP contribution < -0.4 is 5.32 Å². The molecule has 2 aromatic rings. The molecule has 0 spiro atoms. The third kappa shape index (κ3) is 3.92. The van der Waals surface area contributed by atoms with Crippen LogP contribution in [0.4, 0.5) is 5.69 Å². The minimum atomic E-state index is 0.583. The molecule has 21 heavy (non-hydrogen) atoms. The van der Waals surface area contributed by atoms with E-state index >= 15 is 0 Å². The van der Waals surface area contributed by atoms with Crippen LogP contribution in [-0.4, -0.2) is 6.04 Å². The van der Waals surface area contributed by atoms with Crippen LogP contribution in [0.5, 0.6) is 0 Å². The average Bonchev–Trinajstić information content (AvgIpc) is 2.52. The van der Waals surface area contributed by atoms with E-state index in [1.807, 2.05) is 12.1 Å². The predicted octanol–water partition coefficient (Wildman–Crippen LogP) is 6.08. The molecule has 110 valence electrons. The van der Waals surface area contributed by atoms with Crippen LogP contribution in [0.25, 0.3) is 0 Å². The molecule has 1 fully saturated rings. The van der Waals surface area contributed by atoms with Crippen LogP contribution in [0.1, 0.15) is 37.2 Å². The number of benzene rings is 2. The SMILES string of the molecule is Clc1ccc(NC2CCC(c3ccccc3)CC2)c(I)c1. The predicted molar refractivity (Wildman–Crippen MR) is 99.2 cm³/mol. The van der Waals surface area contributed by atoms with Crippen LogP contribution in [-0.2, 0) is 0 Å². The van der Waals surface area contributed by atoms with Crippen LogP contribution in [0.2, 0.25) is 5.02 Å². The van der Waals surface area contributed by atoms with Crippen LogP contribution in [0, 0.1) is 3.57 Å². The fraction of sp³-hybridized carbons (Fsp3) is 0.333. The highest BCUT2D eigenvalue weighted by Gasteiger charge is 2.22. The Hall–Kier alpha value is -0.740. The standard InChI is InChI=1S/C18H19ClIN/c19-15-8-11-18(17(20)12-15)21-16-9-6-14(7-10-16)13-4-2-1-3-5-13/h1-5,8,11-12,14,16,21H,6-7,9-10H2. The Bertz CT molecular complexity index is 591. The van der Waals surface area contributed by atoms with E-state index in [9.17, 15) is 0 Å². The fourth-order valence-corrected chi connectivity index (χ4v) is 4.15. The summed E-state index contributed by atoms with van der Waals surface area (Å²) in [6.07, 6.45) is 5.01. The molecule has 0 aromatic heterocycles. The minimum Gasteiger partial charge on any atom is -0.381 e. The zero-order chi connectivity index (χ0) is 14.7. The summed E-state index contributed by atoms with van der Waals surface area (Å²) in [6.45, 7) is 0. The van der Waals surface area contributed by atoms with Crippen LogP contribution in [0.15, 0.2) is 48.5 Å². The molecule has 0 saturated heterocycles. The molecule has 1 saturated carbocycles. The van der Waals surface area contributed by atoms with Crippen molar-refractivity contribution in [2.24, 2.45) is 0 Å². The third-order valence-electron chi connectivity index (χ3n) is 4.29. The van der Waals surface area contributed by atoms with Gasteiger partial charge in [0, 0.05) is 20.3 Å². The van der Waals surface area contributed by atoms with Crippen molar-refractivity contribution < 1.29 is 0 Å². The van der Waals surface area contributed by atoms with Gasteiger partial charge in [0.15, 0.2) is 0 Å². The molecule has 1 aliphatic rings. The summed E-state index contributed by atoms with van der Waals surface area (Å²) >= 11 is 8.36. The Morgan fingerprint density at radius 1 is 0.952 bits per heavy atom. The molecule has 0 heterocycles. The molecule has 3 heteroatoms. The molecular formula is C18H19ClIN. The van der Waals surface area contributed by atoms with Gasteiger partial charge in [0.1, 0.15) is 0 Å². The van der Waals surface area contributed by atoms with E-state index in [-0.39, 0.29) is 0 Å². The summed E-state index contributed by atoms with van der Waals surface area (Å²) < 4.78 is 1.20. The van der Waals surface area contributed by atoms with Gasteiger partial charge in [-0.1, -0.05) is 41.9 Å². The topological polar surface area (TPSA) is 12.0 Å². The Morgan fingerprint density at radius 3 is 2.33 bits per heavy atom. The lowest BCUT2D eigenvalue weighted by Gasteiger charge is -2.30. The second kappa shape index (κ2) is 7.01. The monoisotopic (exact) mass is 411 g/mol. The van der Waals surface area contributed by atoms with Gasteiger partial charge < -0.3 is 5.32 Å². The van der Waals surface area contributed by atoms with E-state index in [2.05, 4.69) is 64.3 Å². The number of hydrogen-bond donors (Lipinski definition) is 1. The number of halogens is 2. The summed E-state index contributed by atoms with van der Waals surface area (Å²) in [5.74, 6) is 0.730. The maximum Gasteiger partial charge on any atom is 0.0479 e. The van der Waals surface area contributed by atoms with Gasteiger partial charge in [-0.15, -0.1) is 0 Å². The molecule has 0 amide bonds. The summed E-state index contributed by atoms with van der Waals surface area (Å²) in [6, 6.07) is 17.6. The first-order chi connectivity index (χ1) is 10.2. The molecular weight excluding hydrogens is 393 g/mol. The zero-order valence-electron chi connectivity index (χ0n) is 11.9. The number of hydrogen-bond acceptors (Lipinski definition) is 1. The Kier molecular flexibility index (Phi) is 5.07. The Balaban J connectivity index is 1.59. The average molecular weight is 412 g/mol. The van der Waals surface area contributed by atoms with E-state index in [1.165, 1.54) is 40.5 Å². The van der Waals surface area contributed by atoms with E-state index < -0.39 is 0 Å². The largest absolute Gasteiger partial charge is 0.381 e. The third-order valence-corrected chi connectivity index (χ3v) is 5.42. The molecule has 1 N–H and O–H groups in total. The quantitative estimate of drug-likeness (QED) is 0.603. The zero-order valence-corrected chi connectivity index (χ0v) is 14.8. The molecule has 0 bridgehead atoms. The number of rotatable bonds is 3. The van der Waals surface area contributed by atoms with Gasteiger partial charge in [0.2, 0.25) is 0 Å². The van der Waals surface area contributed by atoms with Crippen LogP contribution >= 0.6 is 34.2 Å². The van der Waals surface area contributed by atoms with Crippen molar-refractivity contribution in [1.29, 1.82) is 0 Å². The van der Waals surface area contributed by atoms with Gasteiger partial charge in [-0.2, -0.15) is 0 Å². The molecule has 3 rings (SSSR count). The van der Waals surface area contributed by atoms with Crippen molar-refractivity contribution in [1.82, 2.24) is 0 Å². The van der Waals surface area contributed by atoms with Crippen molar-refractivity contribution in [3.8, 4) is 0 Å². The van der Waals surface area contributed by atoms with Crippen molar-refractivity contribution in [2.75, 3.05) is 5.32 Å².